The molecule has 0 unspecified atom stereocenters. The normalized spacial score (nSPS) is 16.4. The van der Waals surface area contributed by atoms with E-state index in [1.807, 2.05) is 12.1 Å². The first kappa shape index (κ1) is 13.3. The first-order chi connectivity index (χ1) is 8.70. The molecular weight excluding hydrogens is 224 g/mol. The van der Waals surface area contributed by atoms with E-state index in [0.29, 0.717) is 12.0 Å². The molecule has 100 valence electrons. The van der Waals surface area contributed by atoms with Crippen LogP contribution in [0.5, 0.6) is 0 Å². The van der Waals surface area contributed by atoms with Gasteiger partial charge in [-0.2, -0.15) is 0 Å². The van der Waals surface area contributed by atoms with Gasteiger partial charge in [-0.05, 0) is 30.4 Å². The van der Waals surface area contributed by atoms with Gasteiger partial charge in [-0.15, -0.1) is 0 Å². The van der Waals surface area contributed by atoms with Crippen LogP contribution in [-0.2, 0) is 6.61 Å². The third kappa shape index (κ3) is 3.22. The molecule has 1 fully saturated rings. The van der Waals surface area contributed by atoms with Crippen LogP contribution in [0.3, 0.4) is 0 Å². The lowest BCUT2D eigenvalue weighted by molar-refractivity contribution is 0.281. The number of pyridine rings is 1. The second-order valence-electron chi connectivity index (χ2n) is 5.67. The molecule has 0 amide bonds. The molecule has 1 aliphatic rings. The molecule has 1 aromatic heterocycles. The quantitative estimate of drug-likeness (QED) is 0.870. The molecular formula is C15H24N2O. The highest BCUT2D eigenvalue weighted by atomic mass is 16.3. The largest absolute Gasteiger partial charge is 0.392 e. The predicted octanol–water partition coefficient (Wildman–Crippen LogP) is 2.98. The van der Waals surface area contributed by atoms with Crippen molar-refractivity contribution < 1.29 is 5.11 Å². The number of aliphatic hydroxyl groups excluding tert-OH is 1. The Labute approximate surface area is 110 Å². The minimum absolute atomic E-state index is 0.0703. The zero-order valence-corrected chi connectivity index (χ0v) is 11.5. The van der Waals surface area contributed by atoms with E-state index in [2.05, 4.69) is 23.7 Å². The Morgan fingerprint density at radius 2 is 2.06 bits per heavy atom. The summed E-state index contributed by atoms with van der Waals surface area (Å²) in [7, 11) is 0. The number of hydrogen-bond donors (Lipinski definition) is 1. The van der Waals surface area contributed by atoms with Crippen molar-refractivity contribution in [3.05, 3.63) is 23.9 Å². The summed E-state index contributed by atoms with van der Waals surface area (Å²) in [5, 5.41) is 9.07. The maximum atomic E-state index is 9.07. The van der Waals surface area contributed by atoms with Gasteiger partial charge < -0.3 is 10.0 Å². The lowest BCUT2D eigenvalue weighted by atomic mass is 10.1. The van der Waals surface area contributed by atoms with Gasteiger partial charge in [0.1, 0.15) is 5.82 Å². The van der Waals surface area contributed by atoms with E-state index < -0.39 is 0 Å². The average molecular weight is 248 g/mol. The molecule has 0 atom stereocenters. The molecule has 0 spiro atoms. The zero-order valence-electron chi connectivity index (χ0n) is 11.5. The van der Waals surface area contributed by atoms with Crippen molar-refractivity contribution in [1.29, 1.82) is 0 Å². The van der Waals surface area contributed by atoms with Gasteiger partial charge in [-0.25, -0.2) is 4.98 Å². The summed E-state index contributed by atoms with van der Waals surface area (Å²) in [6.45, 7) is 5.64. The van der Waals surface area contributed by atoms with E-state index in [1.54, 1.807) is 6.20 Å². The highest BCUT2D eigenvalue weighted by Crippen LogP contribution is 2.28. The molecule has 1 aromatic rings. The fourth-order valence-electron chi connectivity index (χ4n) is 2.72. The number of anilines is 1. The number of aliphatic hydroxyl groups is 1. The fraction of sp³-hybridized carbons (Fsp3) is 0.667. The molecule has 3 nitrogen and oxygen atoms in total. The van der Waals surface area contributed by atoms with E-state index >= 15 is 0 Å². The van der Waals surface area contributed by atoms with Crippen LogP contribution in [0.2, 0.25) is 0 Å². The summed E-state index contributed by atoms with van der Waals surface area (Å²) in [5.41, 5.74) is 0.884. The van der Waals surface area contributed by atoms with Crippen LogP contribution in [0.15, 0.2) is 18.3 Å². The SMILES string of the molecule is CC(C)CN(c1ccc(CO)cn1)C1CCCC1. The van der Waals surface area contributed by atoms with Gasteiger partial charge in [0.15, 0.2) is 0 Å². The topological polar surface area (TPSA) is 36.4 Å². The van der Waals surface area contributed by atoms with Crippen molar-refractivity contribution in [3.63, 3.8) is 0 Å². The van der Waals surface area contributed by atoms with Gasteiger partial charge in [0.05, 0.1) is 6.61 Å². The zero-order chi connectivity index (χ0) is 13.0. The summed E-state index contributed by atoms with van der Waals surface area (Å²) in [4.78, 5) is 6.97. The van der Waals surface area contributed by atoms with Crippen LogP contribution in [0.1, 0.15) is 45.1 Å². The molecule has 0 radical (unpaired) electrons. The molecule has 3 heteroatoms. The van der Waals surface area contributed by atoms with Crippen molar-refractivity contribution in [3.8, 4) is 0 Å². The molecule has 1 saturated carbocycles. The van der Waals surface area contributed by atoms with Gasteiger partial charge in [-0.1, -0.05) is 32.8 Å². The van der Waals surface area contributed by atoms with E-state index in [-0.39, 0.29) is 6.61 Å². The number of rotatable bonds is 5. The van der Waals surface area contributed by atoms with Crippen LogP contribution in [-0.4, -0.2) is 22.7 Å². The monoisotopic (exact) mass is 248 g/mol. The summed E-state index contributed by atoms with van der Waals surface area (Å²) in [6, 6.07) is 4.68. The van der Waals surface area contributed by atoms with Gasteiger partial charge in [0.25, 0.3) is 0 Å². The lowest BCUT2D eigenvalue weighted by Crippen LogP contribution is -2.36. The lowest BCUT2D eigenvalue weighted by Gasteiger charge is -2.31. The molecule has 1 aliphatic carbocycles. The highest BCUT2D eigenvalue weighted by molar-refractivity contribution is 5.41. The van der Waals surface area contributed by atoms with Gasteiger partial charge in [0, 0.05) is 18.8 Å². The standard InChI is InChI=1S/C15H24N2O/c1-12(2)10-17(14-5-3-4-6-14)15-8-7-13(11-18)9-16-15/h7-9,12,14,18H,3-6,10-11H2,1-2H3. The molecule has 0 aliphatic heterocycles. The Morgan fingerprint density at radius 3 is 2.56 bits per heavy atom. The Balaban J connectivity index is 2.15. The molecule has 0 saturated heterocycles. The number of nitrogens with zero attached hydrogens (tertiary/aromatic N) is 2. The van der Waals surface area contributed by atoms with Crippen molar-refractivity contribution >= 4 is 5.82 Å². The van der Waals surface area contributed by atoms with E-state index in [1.165, 1.54) is 25.7 Å². The average Bonchev–Trinajstić information content (AvgIpc) is 2.89. The molecule has 2 rings (SSSR count). The highest BCUT2D eigenvalue weighted by Gasteiger charge is 2.24. The third-order valence-electron chi connectivity index (χ3n) is 3.61. The first-order valence-electron chi connectivity index (χ1n) is 7.03. The minimum Gasteiger partial charge on any atom is -0.392 e. The fourth-order valence-corrected chi connectivity index (χ4v) is 2.72. The molecule has 0 aromatic carbocycles. The smallest absolute Gasteiger partial charge is 0.128 e. The van der Waals surface area contributed by atoms with Crippen molar-refractivity contribution in [2.75, 3.05) is 11.4 Å². The van der Waals surface area contributed by atoms with Crippen LogP contribution in [0.4, 0.5) is 5.82 Å². The Hall–Kier alpha value is -1.09. The van der Waals surface area contributed by atoms with Crippen LogP contribution >= 0.6 is 0 Å². The summed E-state index contributed by atoms with van der Waals surface area (Å²) < 4.78 is 0. The van der Waals surface area contributed by atoms with Gasteiger partial charge in [0.2, 0.25) is 0 Å². The third-order valence-corrected chi connectivity index (χ3v) is 3.61. The molecule has 18 heavy (non-hydrogen) atoms. The maximum Gasteiger partial charge on any atom is 0.128 e. The molecule has 1 heterocycles. The van der Waals surface area contributed by atoms with Crippen molar-refractivity contribution in [1.82, 2.24) is 4.98 Å². The minimum atomic E-state index is 0.0703. The Bertz CT molecular complexity index is 355. The van der Waals surface area contributed by atoms with Gasteiger partial charge in [-0.3, -0.25) is 0 Å². The van der Waals surface area contributed by atoms with E-state index in [9.17, 15) is 0 Å². The predicted molar refractivity (Wildman–Crippen MR) is 74.6 cm³/mol. The van der Waals surface area contributed by atoms with Crippen molar-refractivity contribution in [2.45, 2.75) is 52.2 Å². The molecule has 0 bridgehead atoms. The first-order valence-corrected chi connectivity index (χ1v) is 7.03. The molecule has 1 N–H and O–H groups in total. The number of hydrogen-bond acceptors (Lipinski definition) is 3. The second-order valence-corrected chi connectivity index (χ2v) is 5.67. The van der Waals surface area contributed by atoms with E-state index in [0.717, 1.165) is 17.9 Å². The van der Waals surface area contributed by atoms with Gasteiger partial charge >= 0.3 is 0 Å². The Morgan fingerprint density at radius 1 is 1.33 bits per heavy atom. The summed E-state index contributed by atoms with van der Waals surface area (Å²) >= 11 is 0. The Kier molecular flexibility index (Phi) is 4.59. The summed E-state index contributed by atoms with van der Waals surface area (Å²) in [5.74, 6) is 1.71. The van der Waals surface area contributed by atoms with Crippen LogP contribution in [0, 0.1) is 5.92 Å². The number of aromatic nitrogens is 1. The maximum absolute atomic E-state index is 9.07. The summed E-state index contributed by atoms with van der Waals surface area (Å²) in [6.07, 6.45) is 7.05. The van der Waals surface area contributed by atoms with E-state index in [4.69, 9.17) is 5.11 Å². The van der Waals surface area contributed by atoms with Crippen molar-refractivity contribution in [2.24, 2.45) is 5.92 Å². The second kappa shape index (κ2) is 6.19. The van der Waals surface area contributed by atoms with Crippen LogP contribution in [0.25, 0.3) is 0 Å². The van der Waals surface area contributed by atoms with Crippen LogP contribution < -0.4 is 4.90 Å².